The van der Waals surface area contributed by atoms with E-state index in [-0.39, 0.29) is 45.3 Å². The Morgan fingerprint density at radius 2 is 0.652 bits per heavy atom. The average Bonchev–Trinajstić information content (AvgIpc) is 3.01. The molecule has 234 valence electrons. The highest BCUT2D eigenvalue weighted by Gasteiger charge is 2.16. The van der Waals surface area contributed by atoms with Gasteiger partial charge in [0.2, 0.25) is 0 Å². The molecular weight excluding hydrogens is 584 g/mol. The van der Waals surface area contributed by atoms with Gasteiger partial charge >= 0.3 is 23.9 Å². The number of hydrogen-bond donors (Lipinski definition) is 0. The number of ether oxygens (including phenoxy) is 4. The van der Waals surface area contributed by atoms with E-state index in [1.165, 1.54) is 39.8 Å². The van der Waals surface area contributed by atoms with Crippen LogP contribution < -0.4 is 18.9 Å². The summed E-state index contributed by atoms with van der Waals surface area (Å²) in [6.45, 7) is 20.4. The van der Waals surface area contributed by atoms with E-state index in [0.717, 1.165) is 11.1 Å². The van der Waals surface area contributed by atoms with Crippen molar-refractivity contribution in [2.75, 3.05) is 0 Å². The summed E-state index contributed by atoms with van der Waals surface area (Å²) in [5, 5.41) is 0. The lowest BCUT2D eigenvalue weighted by Crippen LogP contribution is -2.12. The van der Waals surface area contributed by atoms with Gasteiger partial charge in [-0.2, -0.15) is 0 Å². The molecule has 3 rings (SSSR count). The minimum Gasteiger partial charge on any atom is -0.419 e. The lowest BCUT2D eigenvalue weighted by atomic mass is 10.1. The highest BCUT2D eigenvalue weighted by molar-refractivity contribution is 5.92. The largest absolute Gasteiger partial charge is 0.419 e. The summed E-state index contributed by atoms with van der Waals surface area (Å²) in [6, 6.07) is 17.4. The van der Waals surface area contributed by atoms with E-state index >= 15 is 0 Å². The maximum Gasteiger partial charge on any atom is 0.338 e. The van der Waals surface area contributed by atoms with Crippen molar-refractivity contribution >= 4 is 48.2 Å². The minimum atomic E-state index is -0.649. The van der Waals surface area contributed by atoms with Crippen LogP contribution in [0.3, 0.4) is 0 Å². The number of benzene rings is 3. The van der Waals surface area contributed by atoms with E-state index in [9.17, 15) is 19.2 Å². The van der Waals surface area contributed by atoms with Gasteiger partial charge in [0.25, 0.3) is 0 Å². The zero-order chi connectivity index (χ0) is 34.0. The molecule has 46 heavy (non-hydrogen) atoms. The molecule has 0 saturated carbocycles. The molecule has 3 aromatic rings. The van der Waals surface area contributed by atoms with Crippen molar-refractivity contribution < 1.29 is 38.1 Å². The molecule has 8 nitrogen and oxygen atoms in total. The second-order valence-electron chi connectivity index (χ2n) is 10.4. The first-order chi connectivity index (χ1) is 21.7. The molecule has 0 bridgehead atoms. The average molecular weight is 619 g/mol. The molecule has 3 aromatic carbocycles. The number of esters is 4. The zero-order valence-corrected chi connectivity index (χ0v) is 26.2. The fourth-order valence-corrected chi connectivity index (χ4v) is 3.44. The molecule has 0 N–H and O–H groups in total. The maximum atomic E-state index is 12.2. The Kier molecular flexibility index (Phi) is 11.7. The lowest BCUT2D eigenvalue weighted by molar-refractivity contribution is -0.132. The Balaban J connectivity index is 1.78. The van der Waals surface area contributed by atoms with Crippen molar-refractivity contribution in [2.24, 2.45) is 0 Å². The molecule has 0 saturated heterocycles. The normalized spacial score (nSPS) is 10.7. The van der Waals surface area contributed by atoms with Gasteiger partial charge in [-0.1, -0.05) is 87.0 Å². The molecule has 0 amide bonds. The molecule has 0 spiro atoms. The van der Waals surface area contributed by atoms with Crippen LogP contribution in [0.5, 0.6) is 23.0 Å². The summed E-state index contributed by atoms with van der Waals surface area (Å²) in [6.07, 6.45) is 7.40. The number of carbonyl (C=O) groups excluding carboxylic acids is 4. The third-order valence-corrected chi connectivity index (χ3v) is 6.01. The van der Waals surface area contributed by atoms with Crippen molar-refractivity contribution in [1.82, 2.24) is 0 Å². The monoisotopic (exact) mass is 618 g/mol. The Labute approximate surface area is 268 Å². The lowest BCUT2D eigenvalue weighted by Gasteiger charge is -2.11. The first kappa shape index (κ1) is 34.5. The van der Waals surface area contributed by atoms with E-state index in [4.69, 9.17) is 18.9 Å². The van der Waals surface area contributed by atoms with Crippen LogP contribution in [0.15, 0.2) is 109 Å². The molecule has 0 unspecified atom stereocenters. The molecule has 0 radical (unpaired) electrons. The van der Waals surface area contributed by atoms with Gasteiger partial charge < -0.3 is 18.9 Å². The minimum absolute atomic E-state index is 0.0739. The Bertz CT molecular complexity index is 1670. The van der Waals surface area contributed by atoms with Crippen LogP contribution in [0, 0.1) is 0 Å². The summed E-state index contributed by atoms with van der Waals surface area (Å²) >= 11 is 0. The van der Waals surface area contributed by atoms with Crippen LogP contribution in [0.2, 0.25) is 0 Å². The van der Waals surface area contributed by atoms with E-state index in [0.29, 0.717) is 11.1 Å². The van der Waals surface area contributed by atoms with Crippen LogP contribution in [0.4, 0.5) is 0 Å². The third-order valence-electron chi connectivity index (χ3n) is 6.01. The van der Waals surface area contributed by atoms with Crippen molar-refractivity contribution in [3.63, 3.8) is 0 Å². The van der Waals surface area contributed by atoms with E-state index in [1.54, 1.807) is 24.3 Å². The zero-order valence-electron chi connectivity index (χ0n) is 26.2. The van der Waals surface area contributed by atoms with Gasteiger partial charge in [-0.25, -0.2) is 19.2 Å². The van der Waals surface area contributed by atoms with Crippen molar-refractivity contribution in [1.29, 1.82) is 0 Å². The fraction of sp³-hybridized carbons (Fsp3) is 0.105. The molecule has 0 aliphatic rings. The van der Waals surface area contributed by atoms with Crippen molar-refractivity contribution in [3.8, 4) is 23.0 Å². The number of carbonyl (C=O) groups is 4. The predicted octanol–water partition coefficient (Wildman–Crippen LogP) is 7.95. The first-order valence-electron chi connectivity index (χ1n) is 14.0. The van der Waals surface area contributed by atoms with Gasteiger partial charge in [-0.05, 0) is 74.2 Å². The van der Waals surface area contributed by atoms with Crippen LogP contribution in [-0.2, 0) is 19.2 Å². The van der Waals surface area contributed by atoms with E-state index in [2.05, 4.69) is 26.3 Å². The molecule has 0 atom stereocenters. The fourth-order valence-electron chi connectivity index (χ4n) is 3.44. The molecule has 8 heteroatoms. The Hall–Kier alpha value is -6.02. The third kappa shape index (κ3) is 10.0. The van der Waals surface area contributed by atoms with E-state index < -0.39 is 23.9 Å². The second kappa shape index (κ2) is 15.6. The summed E-state index contributed by atoms with van der Waals surface area (Å²) in [5.74, 6) is -2.27. The summed E-state index contributed by atoms with van der Waals surface area (Å²) in [7, 11) is 0. The number of rotatable bonds is 12. The summed E-state index contributed by atoms with van der Waals surface area (Å²) in [4.78, 5) is 48.4. The van der Waals surface area contributed by atoms with Gasteiger partial charge in [-0.3, -0.25) is 0 Å². The highest BCUT2D eigenvalue weighted by atomic mass is 16.6. The second-order valence-corrected chi connectivity index (χ2v) is 10.4. The molecule has 0 aromatic heterocycles. The van der Waals surface area contributed by atoms with Crippen LogP contribution >= 0.6 is 0 Å². The van der Waals surface area contributed by atoms with Crippen LogP contribution in [0.25, 0.3) is 24.3 Å². The van der Waals surface area contributed by atoms with Gasteiger partial charge in [0, 0.05) is 22.3 Å². The molecule has 0 fully saturated rings. The first-order valence-corrected chi connectivity index (χ1v) is 14.0. The molecule has 0 aliphatic carbocycles. The van der Waals surface area contributed by atoms with Gasteiger partial charge in [0.05, 0.1) is 0 Å². The SMILES string of the molecule is C=C(C)C(=O)Oc1ccc(/C=C/c2ccc(/C=C/c3ccc(OC(=O)C(=C)C)c(OC(=O)C(=C)C)c3)cc2)cc1OC(=O)C(=C)C. The van der Waals surface area contributed by atoms with Crippen molar-refractivity contribution in [3.05, 3.63) is 132 Å². The molecule has 0 heterocycles. The van der Waals surface area contributed by atoms with Gasteiger partial charge in [-0.15, -0.1) is 0 Å². The van der Waals surface area contributed by atoms with Gasteiger partial charge in [0.15, 0.2) is 23.0 Å². The Morgan fingerprint density at radius 1 is 0.413 bits per heavy atom. The molecule has 0 aliphatic heterocycles. The van der Waals surface area contributed by atoms with Crippen LogP contribution in [-0.4, -0.2) is 23.9 Å². The standard InChI is InChI=1S/C38H34O8/c1-23(2)35(39)43-31-19-17-29(21-33(31)45-37(41)25(5)6)15-13-27-9-11-28(12-10-27)14-16-30-18-20-32(44-36(40)24(3)4)34(22-30)46-38(42)26(7)8/h9-22H,1,3,5,7H2,2,4,6,8H3/b15-13+,16-14+. The maximum absolute atomic E-state index is 12.2. The summed E-state index contributed by atoms with van der Waals surface area (Å²) < 4.78 is 21.4. The topological polar surface area (TPSA) is 105 Å². The quantitative estimate of drug-likeness (QED) is 0.0872. The van der Waals surface area contributed by atoms with Crippen LogP contribution in [0.1, 0.15) is 49.9 Å². The van der Waals surface area contributed by atoms with Crippen molar-refractivity contribution in [2.45, 2.75) is 27.7 Å². The Morgan fingerprint density at radius 3 is 0.935 bits per heavy atom. The van der Waals surface area contributed by atoms with E-state index in [1.807, 2.05) is 48.6 Å². The van der Waals surface area contributed by atoms with Gasteiger partial charge in [0.1, 0.15) is 0 Å². The smallest absolute Gasteiger partial charge is 0.338 e. The highest BCUT2D eigenvalue weighted by Crippen LogP contribution is 2.32. The number of hydrogen-bond acceptors (Lipinski definition) is 8. The predicted molar refractivity (Wildman–Crippen MR) is 179 cm³/mol. The summed E-state index contributed by atoms with van der Waals surface area (Å²) in [5.41, 5.74) is 3.98. The molecular formula is C38H34O8.